The predicted octanol–water partition coefficient (Wildman–Crippen LogP) is 2.37. The normalized spacial score (nSPS) is 16.0. The molecule has 126 valence electrons. The molecule has 1 fully saturated rings. The molecule has 2 aromatic rings. The number of nitrogens with one attached hydrogen (secondary N) is 1. The molecule has 6 heteroatoms. The van der Waals surface area contributed by atoms with E-state index in [0.29, 0.717) is 10.3 Å². The summed E-state index contributed by atoms with van der Waals surface area (Å²) < 4.78 is 0.673. The third-order valence-electron chi connectivity index (χ3n) is 4.31. The maximum absolute atomic E-state index is 12.2. The Labute approximate surface area is 146 Å². The highest BCUT2D eigenvalue weighted by molar-refractivity contribution is 6.30. The Kier molecular flexibility index (Phi) is 5.33. The van der Waals surface area contributed by atoms with Gasteiger partial charge in [-0.2, -0.15) is 4.73 Å². The number of amides is 1. The van der Waals surface area contributed by atoms with Crippen LogP contribution in [0.2, 0.25) is 5.02 Å². The number of aromatic nitrogens is 1. The van der Waals surface area contributed by atoms with E-state index in [1.54, 1.807) is 0 Å². The molecule has 0 atom stereocenters. The van der Waals surface area contributed by atoms with Crippen molar-refractivity contribution in [1.82, 2.24) is 10.2 Å². The minimum atomic E-state index is -0.119. The lowest BCUT2D eigenvalue weighted by atomic mass is 10.0. The van der Waals surface area contributed by atoms with E-state index in [2.05, 4.69) is 10.2 Å². The fourth-order valence-corrected chi connectivity index (χ4v) is 3.04. The fourth-order valence-electron chi connectivity index (χ4n) is 2.92. The molecule has 0 spiro atoms. The van der Waals surface area contributed by atoms with Gasteiger partial charge in [-0.25, -0.2) is 0 Å². The molecule has 1 aliphatic rings. The van der Waals surface area contributed by atoms with Crippen LogP contribution in [0.25, 0.3) is 0 Å². The molecule has 0 unspecified atom stereocenters. The van der Waals surface area contributed by atoms with Crippen LogP contribution in [-0.2, 0) is 6.54 Å². The van der Waals surface area contributed by atoms with Crippen molar-refractivity contribution < 1.29 is 9.52 Å². The maximum Gasteiger partial charge on any atom is 0.251 e. The second-order valence-corrected chi connectivity index (χ2v) is 6.53. The highest BCUT2D eigenvalue weighted by Crippen LogP contribution is 2.16. The second-order valence-electron chi connectivity index (χ2n) is 6.10. The van der Waals surface area contributed by atoms with Crippen molar-refractivity contribution in [2.75, 3.05) is 13.1 Å². The number of carbonyl (C=O) groups is 1. The first-order valence-electron chi connectivity index (χ1n) is 8.06. The van der Waals surface area contributed by atoms with Gasteiger partial charge in [0, 0.05) is 42.8 Å². The van der Waals surface area contributed by atoms with Gasteiger partial charge in [-0.1, -0.05) is 23.7 Å². The van der Waals surface area contributed by atoms with Crippen LogP contribution in [0.15, 0.2) is 48.8 Å². The quantitative estimate of drug-likeness (QED) is 0.683. The molecule has 1 aromatic carbocycles. The molecular weight excluding hydrogens is 326 g/mol. The molecule has 0 aliphatic carbocycles. The van der Waals surface area contributed by atoms with Gasteiger partial charge < -0.3 is 10.5 Å². The van der Waals surface area contributed by atoms with Crippen LogP contribution in [0, 0.1) is 5.21 Å². The summed E-state index contributed by atoms with van der Waals surface area (Å²) in [7, 11) is 0. The third kappa shape index (κ3) is 4.46. The molecule has 0 radical (unpaired) electrons. The van der Waals surface area contributed by atoms with E-state index in [9.17, 15) is 10.0 Å². The first kappa shape index (κ1) is 16.7. The Bertz CT molecular complexity index is 680. The summed E-state index contributed by atoms with van der Waals surface area (Å²) in [5.74, 6) is -0.119. The number of hydrogen-bond donors (Lipinski definition) is 1. The minimum absolute atomic E-state index is 0.119. The van der Waals surface area contributed by atoms with E-state index in [1.807, 2.05) is 24.3 Å². The zero-order valence-corrected chi connectivity index (χ0v) is 14.1. The largest absolute Gasteiger partial charge is 0.619 e. The zero-order chi connectivity index (χ0) is 16.9. The van der Waals surface area contributed by atoms with Crippen LogP contribution in [0.5, 0.6) is 0 Å². The van der Waals surface area contributed by atoms with Gasteiger partial charge in [0.25, 0.3) is 5.91 Å². The van der Waals surface area contributed by atoms with Gasteiger partial charge in [-0.15, -0.1) is 0 Å². The van der Waals surface area contributed by atoms with E-state index in [0.717, 1.165) is 37.5 Å². The Morgan fingerprint density at radius 2 is 1.79 bits per heavy atom. The Morgan fingerprint density at radius 3 is 2.42 bits per heavy atom. The minimum Gasteiger partial charge on any atom is -0.619 e. The average Bonchev–Trinajstić information content (AvgIpc) is 2.59. The molecule has 1 N–H and O–H groups in total. The summed E-state index contributed by atoms with van der Waals surface area (Å²) >= 11 is 5.91. The molecule has 1 aromatic heterocycles. The van der Waals surface area contributed by atoms with Gasteiger partial charge in [0.1, 0.15) is 0 Å². The number of hydrogen-bond acceptors (Lipinski definition) is 3. The average molecular weight is 346 g/mol. The highest BCUT2D eigenvalue weighted by atomic mass is 35.5. The first-order valence-corrected chi connectivity index (χ1v) is 8.44. The molecule has 0 saturated carbocycles. The summed E-state index contributed by atoms with van der Waals surface area (Å²) in [6, 6.07) is 11.2. The van der Waals surface area contributed by atoms with Crippen molar-refractivity contribution in [2.24, 2.45) is 0 Å². The molecule has 3 rings (SSSR count). The molecular formula is C18H20ClN3O2. The first-order chi connectivity index (χ1) is 11.6. The SMILES string of the molecule is O=C(NC1CCN(Cc2ccc(Cl)cc2)CC1)c1cc[n+]([O-])cc1. The lowest BCUT2D eigenvalue weighted by molar-refractivity contribution is -0.605. The van der Waals surface area contributed by atoms with Crippen LogP contribution < -0.4 is 10.0 Å². The van der Waals surface area contributed by atoms with Gasteiger partial charge in [0.15, 0.2) is 12.4 Å². The Hall–Kier alpha value is -2.11. The van der Waals surface area contributed by atoms with Crippen LogP contribution in [0.3, 0.4) is 0 Å². The van der Waals surface area contributed by atoms with Crippen molar-refractivity contribution in [2.45, 2.75) is 25.4 Å². The van der Waals surface area contributed by atoms with Gasteiger partial charge in [-0.05, 0) is 30.5 Å². The van der Waals surface area contributed by atoms with Crippen LogP contribution in [0.1, 0.15) is 28.8 Å². The van der Waals surface area contributed by atoms with Crippen molar-refractivity contribution in [3.63, 3.8) is 0 Å². The molecule has 1 aliphatic heterocycles. The molecule has 2 heterocycles. The third-order valence-corrected chi connectivity index (χ3v) is 4.56. The van der Waals surface area contributed by atoms with E-state index in [4.69, 9.17) is 11.6 Å². The second kappa shape index (κ2) is 7.64. The topological polar surface area (TPSA) is 59.3 Å². The van der Waals surface area contributed by atoms with Crippen LogP contribution in [0.4, 0.5) is 0 Å². The smallest absolute Gasteiger partial charge is 0.251 e. The van der Waals surface area contributed by atoms with E-state index in [1.165, 1.54) is 30.1 Å². The molecule has 24 heavy (non-hydrogen) atoms. The Balaban J connectivity index is 1.47. The van der Waals surface area contributed by atoms with Gasteiger partial charge in [-0.3, -0.25) is 9.69 Å². The van der Waals surface area contributed by atoms with Crippen LogP contribution in [-0.4, -0.2) is 29.9 Å². The highest BCUT2D eigenvalue weighted by Gasteiger charge is 2.21. The summed E-state index contributed by atoms with van der Waals surface area (Å²) in [5, 5.41) is 14.8. The van der Waals surface area contributed by atoms with E-state index in [-0.39, 0.29) is 11.9 Å². The number of nitrogens with zero attached hydrogens (tertiary/aromatic N) is 2. The molecule has 1 saturated heterocycles. The summed E-state index contributed by atoms with van der Waals surface area (Å²) in [4.78, 5) is 14.6. The van der Waals surface area contributed by atoms with E-state index < -0.39 is 0 Å². The summed E-state index contributed by atoms with van der Waals surface area (Å²) in [6.45, 7) is 2.80. The summed E-state index contributed by atoms with van der Waals surface area (Å²) in [5.41, 5.74) is 1.77. The number of carbonyl (C=O) groups excluding carboxylic acids is 1. The number of piperidine rings is 1. The lowest BCUT2D eigenvalue weighted by Gasteiger charge is -2.32. The maximum atomic E-state index is 12.2. The zero-order valence-electron chi connectivity index (χ0n) is 13.3. The number of rotatable bonds is 4. The summed E-state index contributed by atoms with van der Waals surface area (Å²) in [6.07, 6.45) is 4.52. The molecule has 5 nitrogen and oxygen atoms in total. The van der Waals surface area contributed by atoms with Crippen molar-refractivity contribution in [3.05, 3.63) is 70.1 Å². The molecule has 1 amide bonds. The monoisotopic (exact) mass is 345 g/mol. The standard InChI is InChI=1S/C18H20ClN3O2/c19-16-3-1-14(2-4-16)13-21-9-7-17(8-10-21)20-18(23)15-5-11-22(24)12-6-15/h1-6,11-12,17H,7-10,13H2,(H,20,23). The van der Waals surface area contributed by atoms with Crippen LogP contribution >= 0.6 is 11.6 Å². The predicted molar refractivity (Wildman–Crippen MR) is 92.6 cm³/mol. The van der Waals surface area contributed by atoms with Crippen molar-refractivity contribution >= 4 is 17.5 Å². The van der Waals surface area contributed by atoms with E-state index >= 15 is 0 Å². The Morgan fingerprint density at radius 1 is 1.17 bits per heavy atom. The number of halogens is 1. The molecule has 0 bridgehead atoms. The number of benzene rings is 1. The van der Waals surface area contributed by atoms with Gasteiger partial charge in [0.05, 0.1) is 5.56 Å². The van der Waals surface area contributed by atoms with Crippen molar-refractivity contribution in [1.29, 1.82) is 0 Å². The van der Waals surface area contributed by atoms with Gasteiger partial charge in [0.2, 0.25) is 0 Å². The number of likely N-dealkylation sites (tertiary alicyclic amines) is 1. The number of pyridine rings is 1. The lowest BCUT2D eigenvalue weighted by Crippen LogP contribution is -2.44. The van der Waals surface area contributed by atoms with Gasteiger partial charge >= 0.3 is 0 Å². The fraction of sp³-hybridized carbons (Fsp3) is 0.333. The van der Waals surface area contributed by atoms with Crippen molar-refractivity contribution in [3.8, 4) is 0 Å².